The van der Waals surface area contributed by atoms with Crippen LogP contribution in [-0.4, -0.2) is 42.8 Å². The van der Waals surface area contributed by atoms with Gasteiger partial charge in [0.1, 0.15) is 23.0 Å². The minimum Gasteiger partial charge on any atom is -0.467 e. The van der Waals surface area contributed by atoms with E-state index in [1.807, 2.05) is 26.0 Å². The van der Waals surface area contributed by atoms with Crippen LogP contribution in [0, 0.1) is 0 Å². The molecule has 2 aromatic carbocycles. The van der Waals surface area contributed by atoms with Gasteiger partial charge in [0.15, 0.2) is 5.54 Å². The highest BCUT2D eigenvalue weighted by atomic mass is 16.6. The highest BCUT2D eigenvalue weighted by molar-refractivity contribution is 5.98. The van der Waals surface area contributed by atoms with Crippen LogP contribution in [0.2, 0.25) is 0 Å². The van der Waals surface area contributed by atoms with Gasteiger partial charge in [0.25, 0.3) is 0 Å². The van der Waals surface area contributed by atoms with E-state index in [1.54, 1.807) is 65.8 Å². The molecule has 2 atom stereocenters. The smallest absolute Gasteiger partial charge is 0.408 e. The number of hydrogen-bond acceptors (Lipinski definition) is 7. The third kappa shape index (κ3) is 8.21. The van der Waals surface area contributed by atoms with Crippen LogP contribution in [0.5, 0.6) is 0 Å². The average molecular weight is 571 g/mol. The molecule has 2 rings (SSSR count). The molecule has 0 saturated carbocycles. The molecule has 0 spiro atoms. The first-order chi connectivity index (χ1) is 19.1. The van der Waals surface area contributed by atoms with Crippen LogP contribution in [0.1, 0.15) is 98.6 Å². The van der Waals surface area contributed by atoms with Gasteiger partial charge in [0, 0.05) is 0 Å². The first-order valence-corrected chi connectivity index (χ1v) is 14.2. The Bertz CT molecular complexity index is 1240. The second-order valence-electron chi connectivity index (χ2n) is 12.3. The van der Waals surface area contributed by atoms with E-state index in [1.165, 1.54) is 7.11 Å². The summed E-state index contributed by atoms with van der Waals surface area (Å²) in [5.41, 5.74) is -3.48. The van der Waals surface area contributed by atoms with Gasteiger partial charge < -0.3 is 29.6 Å². The zero-order valence-corrected chi connectivity index (χ0v) is 25.9. The Balaban J connectivity index is 2.86. The molecule has 0 bridgehead atoms. The zero-order chi connectivity index (χ0) is 31.1. The van der Waals surface area contributed by atoms with Crippen molar-refractivity contribution in [3.63, 3.8) is 0 Å². The Morgan fingerprint density at radius 2 is 1.27 bits per heavy atom. The van der Waals surface area contributed by atoms with Crippen molar-refractivity contribution in [1.29, 1.82) is 0 Å². The summed E-state index contributed by atoms with van der Waals surface area (Å²) < 4.78 is 16.3. The quantitative estimate of drug-likeness (QED) is 0.176. The molecule has 226 valence electrons. The van der Waals surface area contributed by atoms with Crippen molar-refractivity contribution in [1.82, 2.24) is 10.6 Å². The Labute approximate surface area is 243 Å². The monoisotopic (exact) mass is 570 g/mol. The van der Waals surface area contributed by atoms with E-state index < -0.39 is 40.4 Å². The number of nitrogens with one attached hydrogen (secondary N) is 2. The molecule has 0 heterocycles. The maximum Gasteiger partial charge on any atom is 0.408 e. The number of ether oxygens (including phenoxy) is 3. The van der Waals surface area contributed by atoms with Crippen molar-refractivity contribution in [2.75, 3.05) is 7.11 Å². The second-order valence-corrected chi connectivity index (χ2v) is 12.3. The van der Waals surface area contributed by atoms with Gasteiger partial charge in [0.05, 0.1) is 7.11 Å². The lowest BCUT2D eigenvalue weighted by molar-refractivity contribution is -0.149. The molecule has 0 radical (unpaired) electrons. The molecule has 2 N–H and O–H groups in total. The number of unbranched alkanes of at least 4 members (excludes halogenated alkanes) is 1. The maximum atomic E-state index is 13.6. The van der Waals surface area contributed by atoms with Crippen LogP contribution in [0.4, 0.5) is 9.59 Å². The fourth-order valence-corrected chi connectivity index (χ4v) is 4.99. The lowest BCUT2D eigenvalue weighted by atomic mass is 9.78. The number of benzene rings is 2. The number of carbonyl (C=O) groups excluding carboxylic acids is 4. The molecular weight excluding hydrogens is 524 g/mol. The molecule has 2 amide bonds. The summed E-state index contributed by atoms with van der Waals surface area (Å²) in [5, 5.41) is 6.92. The average Bonchev–Trinajstić information content (AvgIpc) is 2.87. The van der Waals surface area contributed by atoms with Crippen LogP contribution in [0.15, 0.2) is 36.4 Å². The first-order valence-electron chi connectivity index (χ1n) is 14.2. The standard InChI is InChI=1S/C32H46N2O7/c1-10-12-20-32(26(36)39-9,34-28(38)41-30(6,7)8)25-18-14-15-22-23(25)16-13-17-24(22)31(21-35,19-11-2)33-27(37)40-29(3,4)5/h13-18,21H,10-12,19-20H2,1-9H3,(H,33,37)(H,34,38). The minimum absolute atomic E-state index is 0.253. The summed E-state index contributed by atoms with van der Waals surface area (Å²) in [6.45, 7) is 14.4. The number of rotatable bonds is 11. The molecule has 0 aliphatic heterocycles. The van der Waals surface area contributed by atoms with Gasteiger partial charge in [-0.15, -0.1) is 0 Å². The molecule has 0 aliphatic carbocycles. The molecule has 0 aliphatic rings. The molecule has 2 aromatic rings. The molecule has 9 nitrogen and oxygen atoms in total. The van der Waals surface area contributed by atoms with Gasteiger partial charge in [-0.05, 0) is 76.3 Å². The summed E-state index contributed by atoms with van der Waals surface area (Å²) in [4.78, 5) is 52.4. The highest BCUT2D eigenvalue weighted by Crippen LogP contribution is 2.39. The van der Waals surface area contributed by atoms with Crippen molar-refractivity contribution in [2.24, 2.45) is 0 Å². The number of esters is 1. The summed E-state index contributed by atoms with van der Waals surface area (Å²) in [6.07, 6.45) is 1.77. The molecular formula is C32H46N2O7. The van der Waals surface area contributed by atoms with E-state index >= 15 is 0 Å². The highest BCUT2D eigenvalue weighted by Gasteiger charge is 2.45. The van der Waals surface area contributed by atoms with Crippen molar-refractivity contribution >= 4 is 35.2 Å². The number of alkyl carbamates (subject to hydrolysis) is 2. The predicted molar refractivity (Wildman–Crippen MR) is 159 cm³/mol. The fourth-order valence-electron chi connectivity index (χ4n) is 4.99. The Morgan fingerprint density at radius 1 is 0.756 bits per heavy atom. The van der Waals surface area contributed by atoms with E-state index in [4.69, 9.17) is 14.2 Å². The van der Waals surface area contributed by atoms with Crippen LogP contribution in [-0.2, 0) is 34.9 Å². The number of methoxy groups -OCH3 is 1. The van der Waals surface area contributed by atoms with Crippen molar-refractivity contribution in [3.8, 4) is 0 Å². The number of hydrogen-bond donors (Lipinski definition) is 2. The van der Waals surface area contributed by atoms with Gasteiger partial charge in [-0.2, -0.15) is 0 Å². The van der Waals surface area contributed by atoms with Gasteiger partial charge in [-0.25, -0.2) is 14.4 Å². The SMILES string of the molecule is CCCCC(NC(=O)OC(C)(C)C)(C(=O)OC)c1cccc2c(C(C=O)(CCC)NC(=O)OC(C)(C)C)cccc12. The number of fused-ring (bicyclic) bond motifs is 1. The molecule has 0 fully saturated rings. The topological polar surface area (TPSA) is 120 Å². The van der Waals surface area contributed by atoms with Gasteiger partial charge >= 0.3 is 18.2 Å². The predicted octanol–water partition coefficient (Wildman–Crippen LogP) is 6.64. The van der Waals surface area contributed by atoms with Crippen LogP contribution in [0.25, 0.3) is 10.8 Å². The van der Waals surface area contributed by atoms with Crippen molar-refractivity contribution in [2.45, 2.75) is 110 Å². The molecule has 0 saturated heterocycles. The van der Waals surface area contributed by atoms with Gasteiger partial charge in [0.2, 0.25) is 0 Å². The van der Waals surface area contributed by atoms with E-state index in [2.05, 4.69) is 10.6 Å². The minimum atomic E-state index is -1.57. The van der Waals surface area contributed by atoms with E-state index in [9.17, 15) is 19.2 Å². The molecule has 0 aromatic heterocycles. The van der Waals surface area contributed by atoms with Crippen LogP contribution >= 0.6 is 0 Å². The summed E-state index contributed by atoms with van der Waals surface area (Å²) in [5.74, 6) is -0.642. The van der Waals surface area contributed by atoms with E-state index in [0.29, 0.717) is 41.2 Å². The fraction of sp³-hybridized carbons (Fsp3) is 0.562. The zero-order valence-electron chi connectivity index (χ0n) is 25.9. The van der Waals surface area contributed by atoms with Crippen LogP contribution < -0.4 is 10.6 Å². The van der Waals surface area contributed by atoms with Gasteiger partial charge in [-0.3, -0.25) is 0 Å². The Morgan fingerprint density at radius 3 is 1.73 bits per heavy atom. The summed E-state index contributed by atoms with van der Waals surface area (Å²) in [6, 6.07) is 10.7. The number of carbonyl (C=O) groups is 4. The van der Waals surface area contributed by atoms with Crippen LogP contribution in [0.3, 0.4) is 0 Å². The molecule has 9 heteroatoms. The lowest BCUT2D eigenvalue weighted by Gasteiger charge is -2.35. The maximum absolute atomic E-state index is 13.6. The third-order valence-electron chi connectivity index (χ3n) is 6.59. The van der Waals surface area contributed by atoms with E-state index in [0.717, 1.165) is 12.7 Å². The molecule has 41 heavy (non-hydrogen) atoms. The van der Waals surface area contributed by atoms with Crippen molar-refractivity contribution < 1.29 is 33.4 Å². The normalized spacial score (nSPS) is 14.8. The third-order valence-corrected chi connectivity index (χ3v) is 6.59. The molecule has 2 unspecified atom stereocenters. The Hall–Kier alpha value is -3.62. The number of amides is 2. The summed E-state index contributed by atoms with van der Waals surface area (Å²) in [7, 11) is 1.28. The lowest BCUT2D eigenvalue weighted by Crippen LogP contribution is -2.53. The van der Waals surface area contributed by atoms with E-state index in [-0.39, 0.29) is 6.42 Å². The Kier molecular flexibility index (Phi) is 10.9. The largest absolute Gasteiger partial charge is 0.467 e. The van der Waals surface area contributed by atoms with Crippen molar-refractivity contribution in [3.05, 3.63) is 47.5 Å². The number of aldehydes is 1. The first kappa shape index (κ1) is 33.6. The summed E-state index contributed by atoms with van der Waals surface area (Å²) >= 11 is 0. The second kappa shape index (κ2) is 13.4. The van der Waals surface area contributed by atoms with Gasteiger partial charge in [-0.1, -0.05) is 69.5 Å².